The Morgan fingerprint density at radius 3 is 2.95 bits per heavy atom. The summed E-state index contributed by atoms with van der Waals surface area (Å²) in [5.74, 6) is -0.267. The fourth-order valence-corrected chi connectivity index (χ4v) is 3.44. The Bertz CT molecular complexity index is 849. The second kappa shape index (κ2) is 5.63. The fourth-order valence-electron chi connectivity index (χ4n) is 1.92. The second-order valence-corrected chi connectivity index (χ2v) is 6.52. The Morgan fingerprint density at radius 2 is 2.19 bits per heavy atom. The van der Waals surface area contributed by atoms with Crippen LogP contribution in [-0.4, -0.2) is 10.9 Å². The van der Waals surface area contributed by atoms with E-state index in [1.54, 1.807) is 36.7 Å². The van der Waals surface area contributed by atoms with Gasteiger partial charge in [0.15, 0.2) is 0 Å². The van der Waals surface area contributed by atoms with Crippen molar-refractivity contribution < 1.29 is 4.79 Å². The molecule has 2 aromatic heterocycles. The zero-order chi connectivity index (χ0) is 15.0. The second-order valence-electron chi connectivity index (χ2n) is 4.27. The highest BCUT2D eigenvalue weighted by molar-refractivity contribution is 9.10. The molecular formula is C14H9BrClN3OS. The van der Waals surface area contributed by atoms with Gasteiger partial charge in [0, 0.05) is 17.8 Å². The largest absolute Gasteiger partial charge is 0.397 e. The fraction of sp³-hybridized carbons (Fsp3) is 0. The summed E-state index contributed by atoms with van der Waals surface area (Å²) < 4.78 is 1.52. The van der Waals surface area contributed by atoms with E-state index < -0.39 is 0 Å². The van der Waals surface area contributed by atoms with Crippen LogP contribution in [0.15, 0.2) is 41.1 Å². The molecular weight excluding hydrogens is 374 g/mol. The first-order chi connectivity index (χ1) is 10.1. The number of benzene rings is 1. The summed E-state index contributed by atoms with van der Waals surface area (Å²) in [6.45, 7) is 0. The molecule has 3 N–H and O–H groups in total. The SMILES string of the molecule is Nc1c(C(=O)Nc2cccc(Cl)c2Br)sc2cnccc12. The smallest absolute Gasteiger partial charge is 0.267 e. The monoisotopic (exact) mass is 381 g/mol. The van der Waals surface area contributed by atoms with Crippen molar-refractivity contribution in [1.29, 1.82) is 0 Å². The number of rotatable bonds is 2. The van der Waals surface area contributed by atoms with Crippen LogP contribution in [0.5, 0.6) is 0 Å². The number of hydrogen-bond acceptors (Lipinski definition) is 4. The molecule has 0 aliphatic rings. The third-order valence-electron chi connectivity index (χ3n) is 2.94. The standard InChI is InChI=1S/C14H9BrClN3OS/c15-11-8(16)2-1-3-9(11)19-14(20)13-12(17)7-4-5-18-6-10(7)21-13/h1-6H,17H2,(H,19,20). The summed E-state index contributed by atoms with van der Waals surface area (Å²) in [6.07, 6.45) is 3.35. The van der Waals surface area contributed by atoms with Gasteiger partial charge in [-0.3, -0.25) is 9.78 Å². The number of halogens is 2. The molecule has 0 aliphatic heterocycles. The van der Waals surface area contributed by atoms with E-state index in [0.29, 0.717) is 25.7 Å². The zero-order valence-corrected chi connectivity index (χ0v) is 13.7. The van der Waals surface area contributed by atoms with Gasteiger partial charge in [-0.25, -0.2) is 0 Å². The molecule has 0 radical (unpaired) electrons. The summed E-state index contributed by atoms with van der Waals surface area (Å²) in [6, 6.07) is 7.06. The van der Waals surface area contributed by atoms with Crippen LogP contribution in [0.25, 0.3) is 10.1 Å². The van der Waals surface area contributed by atoms with Crippen molar-refractivity contribution in [3.63, 3.8) is 0 Å². The molecule has 0 saturated carbocycles. The first-order valence-electron chi connectivity index (χ1n) is 5.95. The number of amides is 1. The van der Waals surface area contributed by atoms with Gasteiger partial charge in [-0.1, -0.05) is 17.7 Å². The molecule has 106 valence electrons. The number of pyridine rings is 1. The van der Waals surface area contributed by atoms with Crippen molar-refractivity contribution >= 4 is 66.2 Å². The van der Waals surface area contributed by atoms with Crippen molar-refractivity contribution in [2.45, 2.75) is 0 Å². The summed E-state index contributed by atoms with van der Waals surface area (Å²) in [5, 5.41) is 4.18. The van der Waals surface area contributed by atoms with E-state index in [-0.39, 0.29) is 5.91 Å². The molecule has 2 heterocycles. The molecule has 0 aliphatic carbocycles. The lowest BCUT2D eigenvalue weighted by Gasteiger charge is -2.07. The molecule has 3 rings (SSSR count). The molecule has 3 aromatic rings. The van der Waals surface area contributed by atoms with Crippen LogP contribution in [0.4, 0.5) is 11.4 Å². The maximum atomic E-state index is 12.4. The lowest BCUT2D eigenvalue weighted by Crippen LogP contribution is -2.12. The number of carbonyl (C=O) groups is 1. The zero-order valence-electron chi connectivity index (χ0n) is 10.6. The Hall–Kier alpha value is -1.63. The van der Waals surface area contributed by atoms with Gasteiger partial charge in [-0.2, -0.15) is 0 Å². The van der Waals surface area contributed by atoms with E-state index in [4.69, 9.17) is 17.3 Å². The lowest BCUT2D eigenvalue weighted by molar-refractivity contribution is 0.103. The third kappa shape index (κ3) is 2.62. The van der Waals surface area contributed by atoms with Crippen LogP contribution in [0, 0.1) is 0 Å². The maximum absolute atomic E-state index is 12.4. The normalized spacial score (nSPS) is 10.8. The number of fused-ring (bicyclic) bond motifs is 1. The van der Waals surface area contributed by atoms with E-state index in [1.807, 2.05) is 0 Å². The first kappa shape index (κ1) is 14.3. The van der Waals surface area contributed by atoms with Gasteiger partial charge in [0.05, 0.1) is 25.6 Å². The molecule has 0 unspecified atom stereocenters. The number of nitrogens with one attached hydrogen (secondary N) is 1. The molecule has 0 bridgehead atoms. The molecule has 1 aromatic carbocycles. The average molecular weight is 383 g/mol. The summed E-state index contributed by atoms with van der Waals surface area (Å²) >= 11 is 10.7. The predicted molar refractivity (Wildman–Crippen MR) is 91.1 cm³/mol. The lowest BCUT2D eigenvalue weighted by atomic mass is 10.2. The van der Waals surface area contributed by atoms with E-state index in [0.717, 1.165) is 10.1 Å². The molecule has 0 spiro atoms. The van der Waals surface area contributed by atoms with E-state index >= 15 is 0 Å². The van der Waals surface area contributed by atoms with Crippen molar-refractivity contribution in [3.8, 4) is 0 Å². The number of nitrogens with zero attached hydrogens (tertiary/aromatic N) is 1. The van der Waals surface area contributed by atoms with Gasteiger partial charge < -0.3 is 11.1 Å². The molecule has 21 heavy (non-hydrogen) atoms. The number of carbonyl (C=O) groups excluding carboxylic acids is 1. The molecule has 0 fully saturated rings. The minimum atomic E-state index is -0.267. The van der Waals surface area contributed by atoms with E-state index in [9.17, 15) is 4.79 Å². The van der Waals surface area contributed by atoms with Gasteiger partial charge in [-0.05, 0) is 34.1 Å². The third-order valence-corrected chi connectivity index (χ3v) is 5.49. The van der Waals surface area contributed by atoms with Crippen molar-refractivity contribution in [1.82, 2.24) is 4.98 Å². The van der Waals surface area contributed by atoms with Crippen LogP contribution in [0.2, 0.25) is 5.02 Å². The van der Waals surface area contributed by atoms with Gasteiger partial charge in [0.2, 0.25) is 0 Å². The first-order valence-corrected chi connectivity index (χ1v) is 7.94. The highest BCUT2D eigenvalue weighted by Gasteiger charge is 2.17. The summed E-state index contributed by atoms with van der Waals surface area (Å²) in [4.78, 5) is 16.9. The van der Waals surface area contributed by atoms with Crippen molar-refractivity contribution in [2.24, 2.45) is 0 Å². The molecule has 1 amide bonds. The molecule has 4 nitrogen and oxygen atoms in total. The van der Waals surface area contributed by atoms with Crippen LogP contribution in [0.3, 0.4) is 0 Å². The van der Waals surface area contributed by atoms with Crippen LogP contribution in [-0.2, 0) is 0 Å². The highest BCUT2D eigenvalue weighted by atomic mass is 79.9. The number of nitrogen functional groups attached to an aromatic ring is 1. The Kier molecular flexibility index (Phi) is 3.84. The number of aromatic nitrogens is 1. The predicted octanol–water partition coefficient (Wildman–Crippen LogP) is 4.55. The van der Waals surface area contributed by atoms with Crippen LogP contribution in [0.1, 0.15) is 9.67 Å². The van der Waals surface area contributed by atoms with Crippen LogP contribution < -0.4 is 11.1 Å². The number of hydrogen-bond donors (Lipinski definition) is 2. The minimum absolute atomic E-state index is 0.267. The van der Waals surface area contributed by atoms with Gasteiger partial charge in [0.1, 0.15) is 4.88 Å². The highest BCUT2D eigenvalue weighted by Crippen LogP contribution is 2.35. The summed E-state index contributed by atoms with van der Waals surface area (Å²) in [5.41, 5.74) is 7.11. The van der Waals surface area contributed by atoms with Gasteiger partial charge in [-0.15, -0.1) is 11.3 Å². The van der Waals surface area contributed by atoms with Gasteiger partial charge >= 0.3 is 0 Å². The Labute approximate surface area is 138 Å². The minimum Gasteiger partial charge on any atom is -0.397 e. The van der Waals surface area contributed by atoms with Gasteiger partial charge in [0.25, 0.3) is 5.91 Å². The molecule has 7 heteroatoms. The Balaban J connectivity index is 1.97. The number of thiophene rings is 1. The quantitative estimate of drug-likeness (QED) is 0.683. The van der Waals surface area contributed by atoms with Crippen LogP contribution >= 0.6 is 38.9 Å². The summed E-state index contributed by atoms with van der Waals surface area (Å²) in [7, 11) is 0. The average Bonchev–Trinajstić information content (AvgIpc) is 2.82. The number of nitrogens with two attached hydrogens (primary N) is 1. The van der Waals surface area contributed by atoms with E-state index in [2.05, 4.69) is 26.2 Å². The Morgan fingerprint density at radius 1 is 1.38 bits per heavy atom. The van der Waals surface area contributed by atoms with E-state index in [1.165, 1.54) is 11.3 Å². The maximum Gasteiger partial charge on any atom is 0.267 e. The number of anilines is 2. The molecule has 0 atom stereocenters. The molecule has 0 saturated heterocycles. The van der Waals surface area contributed by atoms with Crippen molar-refractivity contribution in [2.75, 3.05) is 11.1 Å². The van der Waals surface area contributed by atoms with Crippen molar-refractivity contribution in [3.05, 3.63) is 51.0 Å². The topological polar surface area (TPSA) is 68.0 Å².